The minimum Gasteiger partial charge on any atom is -0.386 e. The molecule has 174 valence electrons. The van der Waals surface area contributed by atoms with Gasteiger partial charge >= 0.3 is 6.18 Å². The van der Waals surface area contributed by atoms with E-state index >= 15 is 0 Å². The fourth-order valence-corrected chi connectivity index (χ4v) is 3.93. The van der Waals surface area contributed by atoms with Crippen LogP contribution in [0, 0.1) is 5.82 Å². The molecule has 34 heavy (non-hydrogen) atoms. The Balaban J connectivity index is 1.67. The van der Waals surface area contributed by atoms with Crippen molar-refractivity contribution >= 4 is 16.7 Å². The van der Waals surface area contributed by atoms with Crippen molar-refractivity contribution in [3.05, 3.63) is 119 Å². The highest BCUT2D eigenvalue weighted by molar-refractivity contribution is 6.07. The van der Waals surface area contributed by atoms with Crippen LogP contribution in [-0.2, 0) is 12.6 Å². The van der Waals surface area contributed by atoms with E-state index in [0.717, 1.165) is 17.5 Å². The summed E-state index contributed by atoms with van der Waals surface area (Å²) in [6.07, 6.45) is -5.87. The molecule has 0 fully saturated rings. The number of fused-ring (bicyclic) bond motifs is 1. The van der Waals surface area contributed by atoms with Gasteiger partial charge in [0.15, 0.2) is 0 Å². The molecule has 2 unspecified atom stereocenters. The summed E-state index contributed by atoms with van der Waals surface area (Å²) in [5, 5.41) is 15.3. The molecule has 2 atom stereocenters. The molecule has 1 amide bonds. The first-order chi connectivity index (χ1) is 16.2. The van der Waals surface area contributed by atoms with E-state index in [-0.39, 0.29) is 6.42 Å². The van der Waals surface area contributed by atoms with E-state index in [2.05, 4.69) is 5.32 Å². The number of alkyl halides is 3. The number of halogens is 4. The van der Waals surface area contributed by atoms with Crippen LogP contribution in [0.3, 0.4) is 0 Å². The van der Waals surface area contributed by atoms with Crippen LogP contribution in [0.15, 0.2) is 91.0 Å². The Morgan fingerprint density at radius 3 is 2.29 bits per heavy atom. The van der Waals surface area contributed by atoms with Crippen LogP contribution < -0.4 is 5.32 Å². The Labute approximate surface area is 193 Å². The number of rotatable bonds is 6. The lowest BCUT2D eigenvalue weighted by molar-refractivity contribution is -0.137. The summed E-state index contributed by atoms with van der Waals surface area (Å²) in [5.74, 6) is -0.972. The van der Waals surface area contributed by atoms with Crippen LogP contribution in [0.2, 0.25) is 0 Å². The smallest absolute Gasteiger partial charge is 0.386 e. The van der Waals surface area contributed by atoms with E-state index in [4.69, 9.17) is 0 Å². The second kappa shape index (κ2) is 9.65. The highest BCUT2D eigenvalue weighted by Crippen LogP contribution is 2.30. The van der Waals surface area contributed by atoms with E-state index < -0.39 is 35.6 Å². The second-order valence-electron chi connectivity index (χ2n) is 8.01. The molecular weight excluding hydrogens is 446 g/mol. The van der Waals surface area contributed by atoms with Crippen LogP contribution in [0.25, 0.3) is 10.8 Å². The molecule has 4 rings (SSSR count). The van der Waals surface area contributed by atoms with Gasteiger partial charge in [0.05, 0.1) is 17.7 Å². The molecule has 3 nitrogen and oxygen atoms in total. The lowest BCUT2D eigenvalue weighted by Gasteiger charge is -2.25. The summed E-state index contributed by atoms with van der Waals surface area (Å²) >= 11 is 0. The quantitative estimate of drug-likeness (QED) is 0.338. The first kappa shape index (κ1) is 23.4. The van der Waals surface area contributed by atoms with Crippen molar-refractivity contribution in [1.29, 1.82) is 0 Å². The first-order valence-corrected chi connectivity index (χ1v) is 10.6. The molecule has 0 aliphatic rings. The average Bonchev–Trinajstić information content (AvgIpc) is 2.83. The molecule has 0 aliphatic heterocycles. The van der Waals surface area contributed by atoms with E-state index in [0.29, 0.717) is 22.1 Å². The van der Waals surface area contributed by atoms with Crippen molar-refractivity contribution in [3.63, 3.8) is 0 Å². The number of carbonyl (C=O) groups is 1. The monoisotopic (exact) mass is 467 g/mol. The van der Waals surface area contributed by atoms with Crippen molar-refractivity contribution in [3.8, 4) is 0 Å². The molecule has 0 radical (unpaired) electrons. The summed E-state index contributed by atoms with van der Waals surface area (Å²) in [4.78, 5) is 13.2. The molecule has 7 heteroatoms. The zero-order chi connectivity index (χ0) is 24.3. The molecule has 0 aromatic heterocycles. The van der Waals surface area contributed by atoms with Crippen LogP contribution in [-0.4, -0.2) is 17.1 Å². The van der Waals surface area contributed by atoms with Crippen molar-refractivity contribution in [2.75, 3.05) is 0 Å². The SMILES string of the molecule is O=C(NC(Cc1cccc(C(F)(F)F)c1)C(O)c1ccc(F)cc1)c1cccc2ccccc12. The maximum absolute atomic E-state index is 13.4. The van der Waals surface area contributed by atoms with E-state index in [9.17, 15) is 27.5 Å². The summed E-state index contributed by atoms with van der Waals surface area (Å²) in [5.41, 5.74) is 0.176. The van der Waals surface area contributed by atoms with Crippen LogP contribution in [0.1, 0.15) is 33.2 Å². The van der Waals surface area contributed by atoms with Gasteiger partial charge < -0.3 is 10.4 Å². The van der Waals surface area contributed by atoms with Gasteiger partial charge in [0.1, 0.15) is 5.82 Å². The summed E-state index contributed by atoms with van der Waals surface area (Å²) in [6.45, 7) is 0. The van der Waals surface area contributed by atoms with Gasteiger partial charge in [0.25, 0.3) is 5.91 Å². The predicted molar refractivity (Wildman–Crippen MR) is 122 cm³/mol. The maximum atomic E-state index is 13.4. The Morgan fingerprint density at radius 2 is 1.56 bits per heavy atom. The molecule has 0 spiro atoms. The van der Waals surface area contributed by atoms with Crippen LogP contribution >= 0.6 is 0 Å². The third-order valence-electron chi connectivity index (χ3n) is 5.65. The standard InChI is InChI=1S/C27H21F4NO2/c28-21-13-11-19(12-14-21)25(33)24(16-17-5-3-8-20(15-17)27(29,30)31)32-26(34)23-10-4-7-18-6-1-2-9-22(18)23/h1-15,24-25,33H,16H2,(H,32,34). The molecule has 4 aromatic rings. The third-order valence-corrected chi connectivity index (χ3v) is 5.65. The Hall–Kier alpha value is -3.71. The number of aliphatic hydroxyl groups excluding tert-OH is 1. The zero-order valence-electron chi connectivity index (χ0n) is 17.9. The van der Waals surface area contributed by atoms with Crippen molar-refractivity contribution < 1.29 is 27.5 Å². The number of carbonyl (C=O) groups excluding carboxylic acids is 1. The van der Waals surface area contributed by atoms with Crippen molar-refractivity contribution in [2.24, 2.45) is 0 Å². The highest BCUT2D eigenvalue weighted by Gasteiger charge is 2.31. The second-order valence-corrected chi connectivity index (χ2v) is 8.01. The van der Waals surface area contributed by atoms with E-state index in [1.807, 2.05) is 18.2 Å². The fourth-order valence-electron chi connectivity index (χ4n) is 3.93. The van der Waals surface area contributed by atoms with Gasteiger partial charge in [-0.1, -0.05) is 66.7 Å². The zero-order valence-corrected chi connectivity index (χ0v) is 17.9. The lowest BCUT2D eigenvalue weighted by Crippen LogP contribution is -2.41. The Morgan fingerprint density at radius 1 is 0.882 bits per heavy atom. The molecule has 0 saturated carbocycles. The van der Waals surface area contributed by atoms with E-state index in [1.165, 1.54) is 36.4 Å². The summed E-state index contributed by atoms with van der Waals surface area (Å²) < 4.78 is 53.0. The number of benzene rings is 4. The van der Waals surface area contributed by atoms with Gasteiger partial charge in [-0.25, -0.2) is 4.39 Å². The largest absolute Gasteiger partial charge is 0.416 e. The molecule has 0 saturated heterocycles. The minimum atomic E-state index is -4.52. The number of nitrogens with one attached hydrogen (secondary N) is 1. The lowest BCUT2D eigenvalue weighted by atomic mass is 9.94. The number of hydrogen-bond donors (Lipinski definition) is 2. The van der Waals surface area contributed by atoms with Crippen LogP contribution in [0.5, 0.6) is 0 Å². The molecule has 4 aromatic carbocycles. The van der Waals surface area contributed by atoms with Crippen LogP contribution in [0.4, 0.5) is 17.6 Å². The molecule has 0 bridgehead atoms. The molecule has 2 N–H and O–H groups in total. The third kappa shape index (κ3) is 5.26. The Bertz CT molecular complexity index is 1300. The molecular formula is C27H21F4NO2. The van der Waals surface area contributed by atoms with Gasteiger partial charge in [-0.05, 0) is 52.6 Å². The molecule has 0 heterocycles. The van der Waals surface area contributed by atoms with Gasteiger partial charge in [-0.3, -0.25) is 4.79 Å². The van der Waals surface area contributed by atoms with Gasteiger partial charge in [0.2, 0.25) is 0 Å². The first-order valence-electron chi connectivity index (χ1n) is 10.6. The number of amides is 1. The van der Waals surface area contributed by atoms with Gasteiger partial charge in [-0.2, -0.15) is 13.2 Å². The van der Waals surface area contributed by atoms with Crippen molar-refractivity contribution in [1.82, 2.24) is 5.32 Å². The predicted octanol–water partition coefficient (Wildman–Crippen LogP) is 6.07. The average molecular weight is 467 g/mol. The maximum Gasteiger partial charge on any atom is 0.416 e. The number of hydrogen-bond acceptors (Lipinski definition) is 2. The van der Waals surface area contributed by atoms with Gasteiger partial charge in [-0.15, -0.1) is 0 Å². The summed E-state index contributed by atoms with van der Waals surface area (Å²) in [6, 6.07) is 21.4. The highest BCUT2D eigenvalue weighted by atomic mass is 19.4. The normalized spacial score (nSPS) is 13.4. The molecule has 0 aliphatic carbocycles. The fraction of sp³-hybridized carbons (Fsp3) is 0.148. The van der Waals surface area contributed by atoms with E-state index in [1.54, 1.807) is 24.3 Å². The summed E-state index contributed by atoms with van der Waals surface area (Å²) in [7, 11) is 0. The number of aliphatic hydroxyl groups is 1. The minimum absolute atomic E-state index is 0.0705. The topological polar surface area (TPSA) is 49.3 Å². The van der Waals surface area contributed by atoms with Gasteiger partial charge in [0, 0.05) is 5.56 Å². The Kier molecular flexibility index (Phi) is 6.65. The van der Waals surface area contributed by atoms with Crippen molar-refractivity contribution in [2.45, 2.75) is 24.7 Å².